The zero-order chi connectivity index (χ0) is 13.9. The smallest absolute Gasteiger partial charge is 0.00462 e. The van der Waals surface area contributed by atoms with Gasteiger partial charge in [-0.25, -0.2) is 0 Å². The van der Waals surface area contributed by atoms with Gasteiger partial charge in [0.25, 0.3) is 0 Å². The molecule has 0 aromatic heterocycles. The van der Waals surface area contributed by atoms with E-state index < -0.39 is 0 Å². The molecule has 1 nitrogen and oxygen atoms in total. The third-order valence-corrected chi connectivity index (χ3v) is 5.69. The summed E-state index contributed by atoms with van der Waals surface area (Å²) in [7, 11) is 0. The first-order valence-corrected chi connectivity index (χ1v) is 9.67. The van der Waals surface area contributed by atoms with Gasteiger partial charge in [0.05, 0.1) is 0 Å². The molecule has 0 aromatic rings. The van der Waals surface area contributed by atoms with Crippen molar-refractivity contribution in [3.8, 4) is 0 Å². The van der Waals surface area contributed by atoms with Gasteiger partial charge in [-0.05, 0) is 37.8 Å². The molecule has 2 aliphatic rings. The van der Waals surface area contributed by atoms with Gasteiger partial charge in [-0.2, -0.15) is 0 Å². The fourth-order valence-corrected chi connectivity index (χ4v) is 4.35. The van der Waals surface area contributed by atoms with Gasteiger partial charge in [-0.1, -0.05) is 83.5 Å². The highest BCUT2D eigenvalue weighted by atomic mass is 14.8. The second-order valence-electron chi connectivity index (χ2n) is 7.31. The normalized spacial score (nSPS) is 29.7. The Balaban J connectivity index is 1.81. The van der Waals surface area contributed by atoms with Gasteiger partial charge in [0, 0.05) is 0 Å². The minimum atomic E-state index is 1.03. The molecule has 1 saturated heterocycles. The average molecular weight is 280 g/mol. The maximum Gasteiger partial charge on any atom is -0.00462 e. The van der Waals surface area contributed by atoms with Crippen molar-refractivity contribution in [2.24, 2.45) is 11.8 Å². The lowest BCUT2D eigenvalue weighted by atomic mass is 9.78. The van der Waals surface area contributed by atoms with Crippen LogP contribution in [0.4, 0.5) is 0 Å². The van der Waals surface area contributed by atoms with Crippen LogP contribution in [0.15, 0.2) is 0 Å². The molecule has 0 bridgehead atoms. The number of hydrogen-bond donors (Lipinski definition) is 1. The summed E-state index contributed by atoms with van der Waals surface area (Å²) in [5.74, 6) is 2.08. The van der Waals surface area contributed by atoms with Crippen LogP contribution in [0.1, 0.15) is 96.3 Å². The second-order valence-corrected chi connectivity index (χ2v) is 7.31. The van der Waals surface area contributed by atoms with Crippen molar-refractivity contribution in [2.45, 2.75) is 96.3 Å². The van der Waals surface area contributed by atoms with Crippen molar-refractivity contribution in [1.29, 1.82) is 0 Å². The molecule has 1 saturated carbocycles. The highest BCUT2D eigenvalue weighted by Gasteiger charge is 2.21. The lowest BCUT2D eigenvalue weighted by molar-refractivity contribution is 0.234. The Bertz CT molecular complexity index is 182. The molecule has 1 N–H and O–H groups in total. The maximum atomic E-state index is 3.67. The molecule has 0 amide bonds. The predicted octanol–water partition coefficient (Wildman–Crippen LogP) is 5.69. The van der Waals surface area contributed by atoms with Gasteiger partial charge < -0.3 is 5.32 Å². The van der Waals surface area contributed by atoms with E-state index in [1.807, 2.05) is 0 Å². The standard InChI is InChI=1S/C19H37N/c1-2-4-8-12-18(13-9-5-3-1)19-14-10-6-7-11-16-20-17-15-19/h18-20H,1-17H2. The third-order valence-electron chi connectivity index (χ3n) is 5.69. The molecule has 2 rings (SSSR count). The van der Waals surface area contributed by atoms with E-state index in [4.69, 9.17) is 0 Å². The van der Waals surface area contributed by atoms with E-state index >= 15 is 0 Å². The van der Waals surface area contributed by atoms with Gasteiger partial charge >= 0.3 is 0 Å². The van der Waals surface area contributed by atoms with Gasteiger partial charge in [0.15, 0.2) is 0 Å². The molecule has 20 heavy (non-hydrogen) atoms. The SMILES string of the molecule is C1CCCCC(C2CCCCCCNCC2)CCCC1. The summed E-state index contributed by atoms with van der Waals surface area (Å²) in [6, 6.07) is 0. The predicted molar refractivity (Wildman–Crippen MR) is 89.1 cm³/mol. The van der Waals surface area contributed by atoms with Crippen molar-refractivity contribution < 1.29 is 0 Å². The van der Waals surface area contributed by atoms with E-state index in [-0.39, 0.29) is 0 Å². The maximum absolute atomic E-state index is 3.67. The summed E-state index contributed by atoms with van der Waals surface area (Å²) in [5, 5.41) is 3.67. The van der Waals surface area contributed by atoms with Gasteiger partial charge in [-0.3, -0.25) is 0 Å². The van der Waals surface area contributed by atoms with E-state index in [0.29, 0.717) is 0 Å². The summed E-state index contributed by atoms with van der Waals surface area (Å²) in [4.78, 5) is 0. The molecular weight excluding hydrogens is 242 g/mol. The Labute approximate surface area is 127 Å². The second kappa shape index (κ2) is 10.7. The van der Waals surface area contributed by atoms with E-state index in [1.165, 1.54) is 109 Å². The molecule has 1 aliphatic carbocycles. The van der Waals surface area contributed by atoms with Crippen LogP contribution in [0.2, 0.25) is 0 Å². The Morgan fingerprint density at radius 3 is 1.45 bits per heavy atom. The van der Waals surface area contributed by atoms with Crippen LogP contribution in [-0.4, -0.2) is 13.1 Å². The van der Waals surface area contributed by atoms with E-state index in [9.17, 15) is 0 Å². The van der Waals surface area contributed by atoms with Crippen molar-refractivity contribution in [3.05, 3.63) is 0 Å². The molecule has 2 fully saturated rings. The summed E-state index contributed by atoms with van der Waals surface area (Å²) in [6.07, 6.45) is 22.4. The summed E-state index contributed by atoms with van der Waals surface area (Å²) < 4.78 is 0. The Morgan fingerprint density at radius 1 is 0.400 bits per heavy atom. The first-order chi connectivity index (χ1) is 9.97. The first-order valence-electron chi connectivity index (χ1n) is 9.67. The fraction of sp³-hybridized carbons (Fsp3) is 1.00. The third kappa shape index (κ3) is 6.61. The zero-order valence-electron chi connectivity index (χ0n) is 13.7. The lowest BCUT2D eigenvalue weighted by Gasteiger charge is -2.29. The molecule has 118 valence electrons. The molecule has 1 aliphatic heterocycles. The van der Waals surface area contributed by atoms with E-state index in [0.717, 1.165) is 11.8 Å². The Hall–Kier alpha value is -0.0400. The van der Waals surface area contributed by atoms with E-state index in [1.54, 1.807) is 0 Å². The summed E-state index contributed by atoms with van der Waals surface area (Å²) in [5.41, 5.74) is 0. The van der Waals surface area contributed by atoms with Crippen LogP contribution >= 0.6 is 0 Å². The molecule has 1 atom stereocenters. The lowest BCUT2D eigenvalue weighted by Crippen LogP contribution is -2.24. The quantitative estimate of drug-likeness (QED) is 0.650. The average Bonchev–Trinajstić information content (AvgIpc) is 2.50. The monoisotopic (exact) mass is 279 g/mol. The van der Waals surface area contributed by atoms with Crippen LogP contribution in [0.25, 0.3) is 0 Å². The molecule has 1 heterocycles. The first kappa shape index (κ1) is 16.3. The zero-order valence-corrected chi connectivity index (χ0v) is 13.7. The van der Waals surface area contributed by atoms with Crippen LogP contribution < -0.4 is 5.32 Å². The Morgan fingerprint density at radius 2 is 0.850 bits per heavy atom. The van der Waals surface area contributed by atoms with Crippen LogP contribution in [-0.2, 0) is 0 Å². The Kier molecular flexibility index (Phi) is 8.70. The number of hydrogen-bond acceptors (Lipinski definition) is 1. The highest BCUT2D eigenvalue weighted by molar-refractivity contribution is 4.74. The van der Waals surface area contributed by atoms with Crippen LogP contribution in [0.3, 0.4) is 0 Å². The van der Waals surface area contributed by atoms with Gasteiger partial charge in [0.2, 0.25) is 0 Å². The highest BCUT2D eigenvalue weighted by Crippen LogP contribution is 2.32. The van der Waals surface area contributed by atoms with Crippen molar-refractivity contribution in [1.82, 2.24) is 5.32 Å². The fourth-order valence-electron chi connectivity index (χ4n) is 4.35. The minimum Gasteiger partial charge on any atom is -0.317 e. The molecule has 0 spiro atoms. The van der Waals surface area contributed by atoms with Crippen molar-refractivity contribution in [3.63, 3.8) is 0 Å². The number of nitrogens with one attached hydrogen (secondary N) is 1. The van der Waals surface area contributed by atoms with Gasteiger partial charge in [0.1, 0.15) is 0 Å². The molecule has 0 aromatic carbocycles. The van der Waals surface area contributed by atoms with Gasteiger partial charge in [-0.15, -0.1) is 0 Å². The largest absolute Gasteiger partial charge is 0.317 e. The minimum absolute atomic E-state index is 1.03. The van der Waals surface area contributed by atoms with E-state index in [2.05, 4.69) is 5.32 Å². The molecule has 1 unspecified atom stereocenters. The summed E-state index contributed by atoms with van der Waals surface area (Å²) in [6.45, 7) is 2.54. The topological polar surface area (TPSA) is 12.0 Å². The molecule has 1 heteroatoms. The van der Waals surface area contributed by atoms with Crippen molar-refractivity contribution in [2.75, 3.05) is 13.1 Å². The summed E-state index contributed by atoms with van der Waals surface area (Å²) >= 11 is 0. The molecular formula is C19H37N. The molecule has 0 radical (unpaired) electrons. The van der Waals surface area contributed by atoms with Crippen LogP contribution in [0, 0.1) is 11.8 Å². The van der Waals surface area contributed by atoms with Crippen molar-refractivity contribution >= 4 is 0 Å². The number of rotatable bonds is 1. The van der Waals surface area contributed by atoms with Crippen LogP contribution in [0.5, 0.6) is 0 Å².